The van der Waals surface area contributed by atoms with Crippen LogP contribution in [0.25, 0.3) is 0 Å². The van der Waals surface area contributed by atoms with E-state index < -0.39 is 28.5 Å². The molecular formula is C32H31Cl2N3O4S. The number of likely N-dealkylation sites (N-methyl/N-ethyl adjacent to an activating group) is 1. The van der Waals surface area contributed by atoms with Gasteiger partial charge >= 0.3 is 0 Å². The molecule has 0 aliphatic carbocycles. The number of benzene rings is 4. The van der Waals surface area contributed by atoms with E-state index in [0.717, 1.165) is 15.4 Å². The van der Waals surface area contributed by atoms with Crippen LogP contribution in [0.15, 0.2) is 108 Å². The topological polar surface area (TPSA) is 86.8 Å². The minimum Gasteiger partial charge on any atom is -0.357 e. The number of halogens is 2. The van der Waals surface area contributed by atoms with Crippen molar-refractivity contribution in [3.63, 3.8) is 0 Å². The number of aryl methyl sites for hydroxylation is 1. The number of hydrogen-bond donors (Lipinski definition) is 1. The monoisotopic (exact) mass is 623 g/mol. The highest BCUT2D eigenvalue weighted by Crippen LogP contribution is 2.27. The molecule has 0 aliphatic heterocycles. The first-order valence-corrected chi connectivity index (χ1v) is 15.4. The third-order valence-corrected chi connectivity index (χ3v) is 9.00. The van der Waals surface area contributed by atoms with Crippen LogP contribution >= 0.6 is 23.2 Å². The van der Waals surface area contributed by atoms with Gasteiger partial charge in [0.1, 0.15) is 12.6 Å². The normalized spacial score (nSPS) is 11.9. The Kier molecular flexibility index (Phi) is 10.3. The zero-order chi connectivity index (χ0) is 30.3. The maximum absolute atomic E-state index is 14.3. The highest BCUT2D eigenvalue weighted by Gasteiger charge is 2.34. The molecule has 4 aromatic rings. The fourth-order valence-corrected chi connectivity index (χ4v) is 6.35. The van der Waals surface area contributed by atoms with Crippen molar-refractivity contribution in [2.45, 2.75) is 30.8 Å². The average Bonchev–Trinajstić information content (AvgIpc) is 2.98. The fourth-order valence-electron chi connectivity index (χ4n) is 4.55. The van der Waals surface area contributed by atoms with E-state index in [-0.39, 0.29) is 29.5 Å². The van der Waals surface area contributed by atoms with Gasteiger partial charge < -0.3 is 10.2 Å². The van der Waals surface area contributed by atoms with Crippen LogP contribution in [0.5, 0.6) is 0 Å². The van der Waals surface area contributed by atoms with E-state index in [1.54, 1.807) is 54.6 Å². The van der Waals surface area contributed by atoms with Gasteiger partial charge in [0.05, 0.1) is 10.6 Å². The van der Waals surface area contributed by atoms with Gasteiger partial charge in [-0.15, -0.1) is 0 Å². The Balaban J connectivity index is 1.79. The Morgan fingerprint density at radius 1 is 0.810 bits per heavy atom. The molecule has 0 bridgehead atoms. The van der Waals surface area contributed by atoms with Gasteiger partial charge in [0.15, 0.2) is 0 Å². The first-order chi connectivity index (χ1) is 20.1. The van der Waals surface area contributed by atoms with Crippen molar-refractivity contribution < 1.29 is 18.0 Å². The summed E-state index contributed by atoms with van der Waals surface area (Å²) in [5.74, 6) is -0.958. The molecule has 218 valence electrons. The SMILES string of the molecule is CNC(=O)[C@H](Cc1ccccc1)N(Cc1cccc(Cl)c1)C(=O)CN(c1cccc(Cl)c1)S(=O)(=O)c1ccc(C)cc1. The molecule has 0 unspecified atom stereocenters. The lowest BCUT2D eigenvalue weighted by molar-refractivity contribution is -0.139. The van der Waals surface area contributed by atoms with Gasteiger partial charge in [0.25, 0.3) is 10.0 Å². The molecule has 4 rings (SSSR count). The van der Waals surface area contributed by atoms with Crippen LogP contribution in [0, 0.1) is 6.92 Å². The van der Waals surface area contributed by atoms with Crippen LogP contribution in [0.2, 0.25) is 10.0 Å². The summed E-state index contributed by atoms with van der Waals surface area (Å²) in [6.45, 7) is 1.31. The third-order valence-electron chi connectivity index (χ3n) is 6.74. The van der Waals surface area contributed by atoms with Crippen LogP contribution in [-0.4, -0.2) is 44.8 Å². The minimum absolute atomic E-state index is 0.0226. The predicted octanol–water partition coefficient (Wildman–Crippen LogP) is 5.88. The molecule has 0 spiro atoms. The number of sulfonamides is 1. The van der Waals surface area contributed by atoms with Crippen molar-refractivity contribution in [1.29, 1.82) is 0 Å². The Morgan fingerprint density at radius 3 is 2.05 bits per heavy atom. The van der Waals surface area contributed by atoms with Crippen LogP contribution in [0.4, 0.5) is 5.69 Å². The maximum atomic E-state index is 14.3. The Morgan fingerprint density at radius 2 is 1.43 bits per heavy atom. The molecule has 7 nitrogen and oxygen atoms in total. The summed E-state index contributed by atoms with van der Waals surface area (Å²) >= 11 is 12.5. The van der Waals surface area contributed by atoms with Gasteiger partial charge in [-0.1, -0.05) is 89.4 Å². The summed E-state index contributed by atoms with van der Waals surface area (Å²) in [6, 6.07) is 28.1. The molecule has 0 aliphatic rings. The molecular weight excluding hydrogens is 593 g/mol. The summed E-state index contributed by atoms with van der Waals surface area (Å²) in [4.78, 5) is 29.0. The first-order valence-electron chi connectivity index (χ1n) is 13.2. The van der Waals surface area contributed by atoms with Crippen LogP contribution in [-0.2, 0) is 32.6 Å². The molecule has 0 fully saturated rings. The maximum Gasteiger partial charge on any atom is 0.264 e. The fraction of sp³-hybridized carbons (Fsp3) is 0.188. The Hall–Kier alpha value is -3.85. The van der Waals surface area contributed by atoms with E-state index in [1.165, 1.54) is 30.1 Å². The average molecular weight is 625 g/mol. The van der Waals surface area contributed by atoms with E-state index in [2.05, 4.69) is 5.32 Å². The summed E-state index contributed by atoms with van der Waals surface area (Å²) in [5, 5.41) is 3.45. The lowest BCUT2D eigenvalue weighted by atomic mass is 10.0. The second-order valence-corrected chi connectivity index (χ2v) is 12.5. The lowest BCUT2D eigenvalue weighted by Crippen LogP contribution is -2.53. The van der Waals surface area contributed by atoms with Crippen LogP contribution in [0.3, 0.4) is 0 Å². The number of hydrogen-bond acceptors (Lipinski definition) is 4. The van der Waals surface area contributed by atoms with Crippen molar-refractivity contribution in [2.24, 2.45) is 0 Å². The molecule has 10 heteroatoms. The van der Waals surface area contributed by atoms with Gasteiger partial charge in [-0.3, -0.25) is 13.9 Å². The molecule has 0 saturated carbocycles. The summed E-state index contributed by atoms with van der Waals surface area (Å²) in [6.07, 6.45) is 0.217. The van der Waals surface area contributed by atoms with Gasteiger partial charge in [-0.05, 0) is 60.5 Å². The zero-order valence-electron chi connectivity index (χ0n) is 23.2. The highest BCUT2D eigenvalue weighted by molar-refractivity contribution is 7.92. The molecule has 42 heavy (non-hydrogen) atoms. The van der Waals surface area contributed by atoms with Crippen LogP contribution < -0.4 is 9.62 Å². The molecule has 1 N–H and O–H groups in total. The number of anilines is 1. The molecule has 0 aromatic heterocycles. The highest BCUT2D eigenvalue weighted by atomic mass is 35.5. The third kappa shape index (κ3) is 7.70. The Labute approximate surface area is 256 Å². The van der Waals surface area contributed by atoms with Gasteiger partial charge in [0, 0.05) is 30.1 Å². The number of carbonyl (C=O) groups is 2. The molecule has 0 saturated heterocycles. The van der Waals surface area contributed by atoms with E-state index in [9.17, 15) is 18.0 Å². The molecule has 4 aromatic carbocycles. The van der Waals surface area contributed by atoms with E-state index in [0.29, 0.717) is 15.6 Å². The summed E-state index contributed by atoms with van der Waals surface area (Å²) < 4.78 is 29.0. The number of carbonyl (C=O) groups excluding carboxylic acids is 2. The zero-order valence-corrected chi connectivity index (χ0v) is 25.5. The molecule has 0 radical (unpaired) electrons. The number of nitrogens with zero attached hydrogens (tertiary/aromatic N) is 2. The van der Waals surface area contributed by atoms with Crippen molar-refractivity contribution in [3.8, 4) is 0 Å². The second-order valence-electron chi connectivity index (χ2n) is 9.78. The van der Waals surface area contributed by atoms with Crippen molar-refractivity contribution in [3.05, 3.63) is 130 Å². The van der Waals surface area contributed by atoms with E-state index >= 15 is 0 Å². The van der Waals surface area contributed by atoms with Crippen LogP contribution in [0.1, 0.15) is 16.7 Å². The van der Waals surface area contributed by atoms with E-state index in [1.807, 2.05) is 37.3 Å². The van der Waals surface area contributed by atoms with E-state index in [4.69, 9.17) is 23.2 Å². The molecule has 1 atom stereocenters. The standard InChI is InChI=1S/C32H31Cl2N3O4S/c1-23-14-16-29(17-15-23)42(40,41)37(28-13-7-12-27(34)20-28)22-31(38)36(21-25-10-6-11-26(33)18-25)30(32(39)35-2)19-24-8-4-3-5-9-24/h3-18,20,30H,19,21-22H2,1-2H3,(H,35,39)/t30-/m0/s1. The number of nitrogens with one attached hydrogen (secondary N) is 1. The lowest BCUT2D eigenvalue weighted by Gasteiger charge is -2.33. The summed E-state index contributed by atoms with van der Waals surface area (Å²) in [5.41, 5.74) is 2.64. The smallest absolute Gasteiger partial charge is 0.264 e. The van der Waals surface area contributed by atoms with Crippen molar-refractivity contribution in [2.75, 3.05) is 17.9 Å². The minimum atomic E-state index is -4.20. The van der Waals surface area contributed by atoms with Gasteiger partial charge in [-0.25, -0.2) is 8.42 Å². The quantitative estimate of drug-likeness (QED) is 0.226. The Bertz CT molecular complexity index is 1650. The van der Waals surface area contributed by atoms with Crippen molar-refractivity contribution in [1.82, 2.24) is 10.2 Å². The number of amides is 2. The number of rotatable bonds is 11. The molecule has 0 heterocycles. The molecule has 2 amide bonds. The summed E-state index contributed by atoms with van der Waals surface area (Å²) in [7, 11) is -2.70. The van der Waals surface area contributed by atoms with Crippen molar-refractivity contribution >= 4 is 50.7 Å². The largest absolute Gasteiger partial charge is 0.357 e. The first kappa shape index (κ1) is 31.1. The van der Waals surface area contributed by atoms with Gasteiger partial charge in [-0.2, -0.15) is 0 Å². The second kappa shape index (κ2) is 13.9. The van der Waals surface area contributed by atoms with Gasteiger partial charge in [0.2, 0.25) is 11.8 Å². The predicted molar refractivity (Wildman–Crippen MR) is 167 cm³/mol.